The third-order valence-electron chi connectivity index (χ3n) is 1.34. The number of hydrogen-bond acceptors (Lipinski definition) is 3. The van der Waals surface area contributed by atoms with E-state index in [1.807, 2.05) is 13.1 Å². The fourth-order valence-electron chi connectivity index (χ4n) is 0.717. The molecule has 0 aromatic heterocycles. The van der Waals surface area contributed by atoms with Gasteiger partial charge < -0.3 is 12.7 Å². The maximum Gasteiger partial charge on any atom is 0.322 e. The van der Waals surface area contributed by atoms with Crippen LogP contribution >= 0.6 is 0 Å². The molecule has 0 saturated carbocycles. The Morgan fingerprint density at radius 1 is 1.36 bits per heavy atom. The van der Waals surface area contributed by atoms with E-state index in [1.54, 1.807) is 7.11 Å². The quantitative estimate of drug-likeness (QED) is 0.613. The molecule has 3 nitrogen and oxygen atoms in total. The summed E-state index contributed by atoms with van der Waals surface area (Å²) in [4.78, 5) is 0. The highest BCUT2D eigenvalue weighted by Crippen LogP contribution is 2.06. The van der Waals surface area contributed by atoms with Crippen molar-refractivity contribution in [2.45, 2.75) is 26.2 Å². The lowest BCUT2D eigenvalue weighted by Gasteiger charge is -2.24. The first-order chi connectivity index (χ1) is 5.02. The zero-order valence-corrected chi connectivity index (χ0v) is 11.6. The Morgan fingerprint density at radius 2 is 1.91 bits per heavy atom. The van der Waals surface area contributed by atoms with Crippen LogP contribution in [0.2, 0.25) is 26.2 Å². The molecule has 0 radical (unpaired) electrons. The second-order valence-corrected chi connectivity index (χ2v) is 9.94. The Balaban J connectivity index is 3.64. The zero-order chi connectivity index (χ0) is 8.91. The van der Waals surface area contributed by atoms with Crippen LogP contribution in [-0.4, -0.2) is 34.7 Å². The first kappa shape index (κ1) is 11.5. The van der Waals surface area contributed by atoms with E-state index in [4.69, 9.17) is 12.7 Å². The molecule has 0 N–H and O–H groups in total. The molecular formula is C5H18O3Si3. The van der Waals surface area contributed by atoms with Gasteiger partial charge in [-0.05, 0) is 19.6 Å². The monoisotopic (exact) mass is 210 g/mol. The lowest BCUT2D eigenvalue weighted by molar-refractivity contribution is 0.295. The summed E-state index contributed by atoms with van der Waals surface area (Å²) >= 11 is 0. The van der Waals surface area contributed by atoms with Crippen molar-refractivity contribution in [1.82, 2.24) is 0 Å². The van der Waals surface area contributed by atoms with Crippen molar-refractivity contribution >= 4 is 27.6 Å². The molecule has 0 aliphatic rings. The molecule has 0 bridgehead atoms. The average molecular weight is 210 g/mol. The molecule has 1 atom stereocenters. The third kappa shape index (κ3) is 5.76. The van der Waals surface area contributed by atoms with Crippen molar-refractivity contribution in [2.24, 2.45) is 0 Å². The molecule has 0 spiro atoms. The first-order valence-corrected chi connectivity index (χ1v) is 10.8. The minimum absolute atomic E-state index is 0.307. The molecule has 0 heterocycles. The molecule has 1 unspecified atom stereocenters. The Kier molecular flexibility index (Phi) is 5.48. The van der Waals surface area contributed by atoms with Gasteiger partial charge in [-0.3, -0.25) is 0 Å². The van der Waals surface area contributed by atoms with Gasteiger partial charge in [-0.25, -0.2) is 0 Å². The van der Waals surface area contributed by atoms with Gasteiger partial charge in [0.2, 0.25) is 0 Å². The summed E-state index contributed by atoms with van der Waals surface area (Å²) in [6.45, 7) is 8.26. The van der Waals surface area contributed by atoms with Gasteiger partial charge in [-0.15, -0.1) is 0 Å². The Labute approximate surface area is 74.1 Å². The largest absolute Gasteiger partial charge is 0.444 e. The predicted molar refractivity (Wildman–Crippen MR) is 54.1 cm³/mol. The van der Waals surface area contributed by atoms with Crippen molar-refractivity contribution in [3.05, 3.63) is 0 Å². The topological polar surface area (TPSA) is 27.7 Å². The molecule has 0 aromatic carbocycles. The lowest BCUT2D eigenvalue weighted by Crippen LogP contribution is -2.40. The molecular weight excluding hydrogens is 192 g/mol. The lowest BCUT2D eigenvalue weighted by atomic mass is 11.8. The van der Waals surface area contributed by atoms with E-state index in [9.17, 15) is 0 Å². The molecule has 0 aliphatic heterocycles. The Bertz CT molecular complexity index is 109. The van der Waals surface area contributed by atoms with Gasteiger partial charge >= 0.3 is 8.56 Å². The smallest absolute Gasteiger partial charge is 0.322 e. The molecule has 0 fully saturated rings. The van der Waals surface area contributed by atoms with Crippen LogP contribution < -0.4 is 0 Å². The fourth-order valence-corrected chi connectivity index (χ4v) is 7.06. The summed E-state index contributed by atoms with van der Waals surface area (Å²) in [5.41, 5.74) is 0. The van der Waals surface area contributed by atoms with E-state index < -0.39 is 17.8 Å². The van der Waals surface area contributed by atoms with Gasteiger partial charge in [0.15, 0.2) is 0 Å². The summed E-state index contributed by atoms with van der Waals surface area (Å²) in [6.07, 6.45) is 0. The average Bonchev–Trinajstić information content (AvgIpc) is 1.87. The summed E-state index contributed by atoms with van der Waals surface area (Å²) in [7, 11) is -1.77. The zero-order valence-electron chi connectivity index (χ0n) is 8.01. The van der Waals surface area contributed by atoms with Crippen LogP contribution in [0, 0.1) is 0 Å². The van der Waals surface area contributed by atoms with E-state index in [2.05, 4.69) is 13.1 Å². The van der Waals surface area contributed by atoms with Gasteiger partial charge in [0.1, 0.15) is 9.76 Å². The SMILES string of the molecule is CO[Si](C)(C)O[SiH](C)O[SiH2]C. The highest BCUT2D eigenvalue weighted by atomic mass is 28.4. The van der Waals surface area contributed by atoms with Gasteiger partial charge in [-0.2, -0.15) is 0 Å². The Morgan fingerprint density at radius 3 is 2.27 bits per heavy atom. The van der Waals surface area contributed by atoms with Crippen LogP contribution in [0.25, 0.3) is 0 Å². The number of rotatable bonds is 5. The Hall–Kier alpha value is 0.531. The van der Waals surface area contributed by atoms with Crippen molar-refractivity contribution in [2.75, 3.05) is 7.11 Å². The molecule has 6 heteroatoms. The maximum absolute atomic E-state index is 5.70. The first-order valence-electron chi connectivity index (χ1n) is 3.86. The summed E-state index contributed by atoms with van der Waals surface area (Å²) in [6, 6.07) is 0. The third-order valence-corrected chi connectivity index (χ3v) is 9.14. The van der Waals surface area contributed by atoms with Crippen LogP contribution in [-0.2, 0) is 12.7 Å². The van der Waals surface area contributed by atoms with Gasteiger partial charge in [0, 0.05) is 7.11 Å². The maximum atomic E-state index is 5.70. The van der Waals surface area contributed by atoms with Gasteiger partial charge in [0.05, 0.1) is 0 Å². The number of hydrogen-bond donors (Lipinski definition) is 0. The molecule has 0 aromatic rings. The van der Waals surface area contributed by atoms with E-state index in [0.717, 1.165) is 0 Å². The molecule has 68 valence electrons. The normalized spacial score (nSPS) is 16.1. The van der Waals surface area contributed by atoms with E-state index in [-0.39, 0.29) is 9.76 Å². The van der Waals surface area contributed by atoms with Crippen LogP contribution in [0.5, 0.6) is 0 Å². The van der Waals surface area contributed by atoms with Gasteiger partial charge in [0.25, 0.3) is 9.28 Å². The summed E-state index contributed by atoms with van der Waals surface area (Å²) in [5.74, 6) is 0. The van der Waals surface area contributed by atoms with Crippen LogP contribution in [0.4, 0.5) is 0 Å². The standard InChI is InChI=1S/C5H18O3Si3/c1-6-11(4,5)8-10(3)7-9-2/h10H,9H2,1-5H3. The van der Waals surface area contributed by atoms with Crippen LogP contribution in [0.3, 0.4) is 0 Å². The van der Waals surface area contributed by atoms with Crippen LogP contribution in [0.15, 0.2) is 0 Å². The summed E-state index contributed by atoms with van der Waals surface area (Å²) in [5, 5.41) is 0. The highest BCUT2D eigenvalue weighted by Gasteiger charge is 2.25. The van der Waals surface area contributed by atoms with Gasteiger partial charge in [-0.1, -0.05) is 6.55 Å². The molecule has 0 aliphatic carbocycles. The minimum atomic E-state index is -1.82. The fraction of sp³-hybridized carbons (Fsp3) is 1.00. The van der Waals surface area contributed by atoms with E-state index in [0.29, 0.717) is 0 Å². The molecule has 0 saturated heterocycles. The summed E-state index contributed by atoms with van der Waals surface area (Å²) < 4.78 is 16.4. The predicted octanol–water partition coefficient (Wildman–Crippen LogP) is 0.350. The molecule has 0 amide bonds. The molecule has 0 rings (SSSR count). The van der Waals surface area contributed by atoms with E-state index >= 15 is 0 Å². The highest BCUT2D eigenvalue weighted by molar-refractivity contribution is 6.72. The van der Waals surface area contributed by atoms with Crippen molar-refractivity contribution < 1.29 is 12.7 Å². The van der Waals surface area contributed by atoms with Crippen molar-refractivity contribution in [1.29, 1.82) is 0 Å². The van der Waals surface area contributed by atoms with Crippen LogP contribution in [0.1, 0.15) is 0 Å². The van der Waals surface area contributed by atoms with Crippen molar-refractivity contribution in [3.8, 4) is 0 Å². The molecule has 11 heavy (non-hydrogen) atoms. The minimum Gasteiger partial charge on any atom is -0.444 e. The van der Waals surface area contributed by atoms with Crippen molar-refractivity contribution in [3.63, 3.8) is 0 Å². The second kappa shape index (κ2) is 5.22. The van der Waals surface area contributed by atoms with E-state index in [1.165, 1.54) is 0 Å². The second-order valence-electron chi connectivity index (χ2n) is 2.74.